The molecule has 1 aliphatic rings. The van der Waals surface area contributed by atoms with Crippen LogP contribution in [0.2, 0.25) is 0 Å². The van der Waals surface area contributed by atoms with Crippen molar-refractivity contribution in [3.05, 3.63) is 47.2 Å². The molecule has 0 radical (unpaired) electrons. The predicted molar refractivity (Wildman–Crippen MR) is 85.1 cm³/mol. The van der Waals surface area contributed by atoms with Crippen molar-refractivity contribution in [1.82, 2.24) is 9.97 Å². The molecule has 24 heavy (non-hydrogen) atoms. The molecule has 3 rings (SSSR count). The molecular weight excluding hydrogens is 316 g/mol. The summed E-state index contributed by atoms with van der Waals surface area (Å²) >= 11 is 0. The Morgan fingerprint density at radius 2 is 1.96 bits per heavy atom. The van der Waals surface area contributed by atoms with Gasteiger partial charge in [0, 0.05) is 30.4 Å². The monoisotopic (exact) mass is 335 g/mol. The topological polar surface area (TPSA) is 47.5 Å². The van der Waals surface area contributed by atoms with Crippen LogP contribution in [-0.2, 0) is 17.8 Å². The average Bonchev–Trinajstić information content (AvgIpc) is 2.63. The summed E-state index contributed by atoms with van der Waals surface area (Å²) in [7, 11) is 0. The molecule has 0 saturated carbocycles. The first-order valence-electron chi connectivity index (χ1n) is 7.93. The third kappa shape index (κ3) is 3.97. The van der Waals surface area contributed by atoms with E-state index in [4.69, 9.17) is 9.47 Å². The molecule has 7 heteroatoms. The quantitative estimate of drug-likeness (QED) is 0.841. The van der Waals surface area contributed by atoms with Gasteiger partial charge < -0.3 is 14.4 Å². The summed E-state index contributed by atoms with van der Waals surface area (Å²) in [6, 6.07) is 5.02. The molecule has 0 unspecified atom stereocenters. The molecule has 1 aromatic heterocycles. The van der Waals surface area contributed by atoms with Gasteiger partial charge in [0.15, 0.2) is 0 Å². The van der Waals surface area contributed by atoms with Gasteiger partial charge in [-0.2, -0.15) is 4.98 Å². The van der Waals surface area contributed by atoms with E-state index in [1.54, 1.807) is 6.07 Å². The third-order valence-electron chi connectivity index (χ3n) is 3.78. The highest BCUT2D eigenvalue weighted by Crippen LogP contribution is 2.19. The number of benzene rings is 1. The summed E-state index contributed by atoms with van der Waals surface area (Å²) in [6.07, 6.45) is 0.727. The lowest BCUT2D eigenvalue weighted by Gasteiger charge is -2.27. The second-order valence-electron chi connectivity index (χ2n) is 5.47. The highest BCUT2D eigenvalue weighted by molar-refractivity contribution is 5.35. The molecule has 0 aliphatic carbocycles. The SMILES string of the molecule is CCc1cc(OCc2cc(F)ccc2F)nc(N2CCOCC2)n1. The number of hydrogen-bond acceptors (Lipinski definition) is 5. The second kappa shape index (κ2) is 7.53. The Bertz CT molecular complexity index is 706. The van der Waals surface area contributed by atoms with Crippen molar-refractivity contribution < 1.29 is 18.3 Å². The van der Waals surface area contributed by atoms with Gasteiger partial charge in [0.25, 0.3) is 0 Å². The van der Waals surface area contributed by atoms with E-state index in [-0.39, 0.29) is 12.2 Å². The lowest BCUT2D eigenvalue weighted by molar-refractivity contribution is 0.122. The molecule has 1 fully saturated rings. The average molecular weight is 335 g/mol. The molecule has 0 spiro atoms. The predicted octanol–water partition coefficient (Wildman–Crippen LogP) is 2.73. The highest BCUT2D eigenvalue weighted by Gasteiger charge is 2.16. The maximum absolute atomic E-state index is 13.7. The van der Waals surface area contributed by atoms with E-state index in [0.717, 1.165) is 30.3 Å². The van der Waals surface area contributed by atoms with Gasteiger partial charge in [0.1, 0.15) is 18.2 Å². The maximum atomic E-state index is 13.7. The van der Waals surface area contributed by atoms with Crippen molar-refractivity contribution in [2.45, 2.75) is 20.0 Å². The van der Waals surface area contributed by atoms with Crippen molar-refractivity contribution in [2.24, 2.45) is 0 Å². The molecule has 0 amide bonds. The van der Waals surface area contributed by atoms with Crippen molar-refractivity contribution in [3.63, 3.8) is 0 Å². The minimum atomic E-state index is -0.505. The molecular formula is C17H19F2N3O2. The molecule has 2 heterocycles. The van der Waals surface area contributed by atoms with E-state index in [2.05, 4.69) is 9.97 Å². The van der Waals surface area contributed by atoms with Crippen LogP contribution in [0.5, 0.6) is 5.88 Å². The van der Waals surface area contributed by atoms with Crippen LogP contribution in [0.3, 0.4) is 0 Å². The van der Waals surface area contributed by atoms with Crippen LogP contribution in [0.25, 0.3) is 0 Å². The molecule has 128 valence electrons. The van der Waals surface area contributed by atoms with Crippen molar-refractivity contribution in [3.8, 4) is 5.88 Å². The largest absolute Gasteiger partial charge is 0.473 e. The van der Waals surface area contributed by atoms with Crippen LogP contribution in [0.15, 0.2) is 24.3 Å². The summed E-state index contributed by atoms with van der Waals surface area (Å²) in [6.45, 7) is 4.58. The Morgan fingerprint density at radius 3 is 2.71 bits per heavy atom. The van der Waals surface area contributed by atoms with Crippen LogP contribution >= 0.6 is 0 Å². The number of morpholine rings is 1. The Hall–Kier alpha value is -2.28. The number of aromatic nitrogens is 2. The van der Waals surface area contributed by atoms with Crippen molar-refractivity contribution in [1.29, 1.82) is 0 Å². The number of nitrogens with zero attached hydrogens (tertiary/aromatic N) is 3. The number of hydrogen-bond donors (Lipinski definition) is 0. The molecule has 0 N–H and O–H groups in total. The van der Waals surface area contributed by atoms with E-state index in [0.29, 0.717) is 38.1 Å². The number of ether oxygens (including phenoxy) is 2. The van der Waals surface area contributed by atoms with Gasteiger partial charge in [0.2, 0.25) is 11.8 Å². The fourth-order valence-electron chi connectivity index (χ4n) is 2.42. The first kappa shape index (κ1) is 16.6. The summed E-state index contributed by atoms with van der Waals surface area (Å²) in [4.78, 5) is 10.9. The standard InChI is InChI=1S/C17H19F2N3O2/c1-2-14-10-16(21-17(20-14)22-5-7-23-8-6-22)24-11-12-9-13(18)3-4-15(12)19/h3-4,9-10H,2,5-8,11H2,1H3. The van der Waals surface area contributed by atoms with Gasteiger partial charge in [-0.1, -0.05) is 6.92 Å². The first-order valence-corrected chi connectivity index (χ1v) is 7.93. The third-order valence-corrected chi connectivity index (χ3v) is 3.78. The lowest BCUT2D eigenvalue weighted by atomic mass is 10.2. The fourth-order valence-corrected chi connectivity index (χ4v) is 2.42. The van der Waals surface area contributed by atoms with Gasteiger partial charge in [-0.05, 0) is 24.6 Å². The number of aryl methyl sites for hydroxylation is 1. The highest BCUT2D eigenvalue weighted by atomic mass is 19.1. The second-order valence-corrected chi connectivity index (χ2v) is 5.47. The van der Waals surface area contributed by atoms with Crippen LogP contribution in [0, 0.1) is 11.6 Å². The van der Waals surface area contributed by atoms with Crippen molar-refractivity contribution >= 4 is 5.95 Å². The summed E-state index contributed by atoms with van der Waals surface area (Å²) in [5, 5.41) is 0. The Kier molecular flexibility index (Phi) is 5.20. The lowest BCUT2D eigenvalue weighted by Crippen LogP contribution is -2.37. The first-order chi connectivity index (χ1) is 11.7. The van der Waals surface area contributed by atoms with E-state index in [1.165, 1.54) is 0 Å². The van der Waals surface area contributed by atoms with Gasteiger partial charge in [-0.3, -0.25) is 0 Å². The van der Waals surface area contributed by atoms with E-state index in [9.17, 15) is 8.78 Å². The number of halogens is 2. The number of rotatable bonds is 5. The number of anilines is 1. The summed E-state index contributed by atoms with van der Waals surface area (Å²) < 4.78 is 37.8. The van der Waals surface area contributed by atoms with Crippen LogP contribution in [0.1, 0.15) is 18.2 Å². The zero-order valence-electron chi connectivity index (χ0n) is 13.5. The Morgan fingerprint density at radius 1 is 1.17 bits per heavy atom. The van der Waals surface area contributed by atoms with E-state index >= 15 is 0 Å². The molecule has 0 atom stereocenters. The summed E-state index contributed by atoms with van der Waals surface area (Å²) in [5.41, 5.74) is 0.987. The molecule has 2 aromatic rings. The minimum absolute atomic E-state index is 0.0910. The zero-order chi connectivity index (χ0) is 16.9. The van der Waals surface area contributed by atoms with Gasteiger partial charge in [0.05, 0.1) is 13.2 Å². The fraction of sp³-hybridized carbons (Fsp3) is 0.412. The van der Waals surface area contributed by atoms with Crippen LogP contribution in [0.4, 0.5) is 14.7 Å². The van der Waals surface area contributed by atoms with E-state index < -0.39 is 11.6 Å². The van der Waals surface area contributed by atoms with Crippen molar-refractivity contribution in [2.75, 3.05) is 31.2 Å². The zero-order valence-corrected chi connectivity index (χ0v) is 13.5. The van der Waals surface area contributed by atoms with Crippen LogP contribution in [-0.4, -0.2) is 36.3 Å². The van der Waals surface area contributed by atoms with Gasteiger partial charge in [-0.25, -0.2) is 13.8 Å². The minimum Gasteiger partial charge on any atom is -0.473 e. The summed E-state index contributed by atoms with van der Waals surface area (Å²) in [5.74, 6) is -0.0742. The molecule has 1 aromatic carbocycles. The Balaban J connectivity index is 1.78. The van der Waals surface area contributed by atoms with E-state index in [1.807, 2.05) is 11.8 Å². The normalized spacial score (nSPS) is 14.7. The van der Waals surface area contributed by atoms with Gasteiger partial charge >= 0.3 is 0 Å². The molecule has 0 bridgehead atoms. The molecule has 1 saturated heterocycles. The maximum Gasteiger partial charge on any atom is 0.229 e. The van der Waals surface area contributed by atoms with Crippen LogP contribution < -0.4 is 9.64 Å². The Labute approximate surface area is 139 Å². The molecule has 1 aliphatic heterocycles. The van der Waals surface area contributed by atoms with Gasteiger partial charge in [-0.15, -0.1) is 0 Å². The molecule has 5 nitrogen and oxygen atoms in total. The smallest absolute Gasteiger partial charge is 0.229 e.